The van der Waals surface area contributed by atoms with Crippen molar-refractivity contribution in [1.82, 2.24) is 0 Å². The van der Waals surface area contributed by atoms with Crippen molar-refractivity contribution in [1.29, 1.82) is 0 Å². The lowest BCUT2D eigenvalue weighted by atomic mass is 9.72. The SMILES string of the molecule is CC(O)C1(N)CCc2c(O)c3c(c(O)c2C1)C(=O)c1ccccc1C3=O. The molecule has 0 spiro atoms. The molecule has 4 rings (SSSR count). The number of carbonyl (C=O) groups excluding carboxylic acids is 2. The number of aliphatic hydroxyl groups excluding tert-OH is 1. The van der Waals surface area contributed by atoms with Crippen molar-refractivity contribution < 1.29 is 24.9 Å². The molecule has 6 heteroatoms. The molecule has 0 radical (unpaired) electrons. The molecule has 0 amide bonds. The zero-order chi connectivity index (χ0) is 18.8. The van der Waals surface area contributed by atoms with E-state index in [2.05, 4.69) is 0 Å². The summed E-state index contributed by atoms with van der Waals surface area (Å²) >= 11 is 0. The highest BCUT2D eigenvalue weighted by Gasteiger charge is 2.42. The van der Waals surface area contributed by atoms with Crippen molar-refractivity contribution >= 4 is 11.6 Å². The summed E-state index contributed by atoms with van der Waals surface area (Å²) in [5.74, 6) is -1.58. The number of aromatic hydroxyl groups is 2. The van der Waals surface area contributed by atoms with E-state index >= 15 is 0 Å². The molecular weight excluding hydrogens is 334 g/mol. The Morgan fingerprint density at radius 2 is 1.50 bits per heavy atom. The number of nitrogens with two attached hydrogens (primary N) is 1. The molecule has 0 aliphatic heterocycles. The summed E-state index contributed by atoms with van der Waals surface area (Å²) < 4.78 is 0. The molecule has 0 heterocycles. The van der Waals surface area contributed by atoms with Gasteiger partial charge in [0.1, 0.15) is 11.5 Å². The summed E-state index contributed by atoms with van der Waals surface area (Å²) in [5, 5.41) is 31.5. The molecule has 0 saturated heterocycles. The number of hydrogen-bond acceptors (Lipinski definition) is 6. The summed E-state index contributed by atoms with van der Waals surface area (Å²) in [6.07, 6.45) is -0.0314. The number of hydrogen-bond donors (Lipinski definition) is 4. The minimum atomic E-state index is -0.967. The molecule has 2 aliphatic carbocycles. The second-order valence-electron chi connectivity index (χ2n) is 7.19. The highest BCUT2D eigenvalue weighted by Crippen LogP contribution is 2.46. The normalized spacial score (nSPS) is 22.4. The summed E-state index contributed by atoms with van der Waals surface area (Å²) in [5.41, 5.74) is 6.13. The van der Waals surface area contributed by atoms with Gasteiger partial charge in [-0.05, 0) is 26.2 Å². The Kier molecular flexibility index (Phi) is 3.48. The maximum absolute atomic E-state index is 12.9. The standard InChI is InChI=1S/C20H19NO5/c1-9(22)20(21)7-6-12-13(8-20)19(26)15-14(18(12)25)16(23)10-4-2-3-5-11(10)17(15)24/h2-5,9,22,25-26H,6-8,21H2,1H3. The number of phenols is 2. The Morgan fingerprint density at radius 3 is 2.00 bits per heavy atom. The Morgan fingerprint density at radius 1 is 1.00 bits per heavy atom. The summed E-state index contributed by atoms with van der Waals surface area (Å²) in [6.45, 7) is 1.57. The first kappa shape index (κ1) is 16.8. The van der Waals surface area contributed by atoms with Gasteiger partial charge in [-0.1, -0.05) is 24.3 Å². The van der Waals surface area contributed by atoms with E-state index in [-0.39, 0.29) is 40.2 Å². The van der Waals surface area contributed by atoms with Crippen LogP contribution in [-0.2, 0) is 12.8 Å². The van der Waals surface area contributed by atoms with Crippen LogP contribution in [0.15, 0.2) is 24.3 Å². The molecule has 0 saturated carbocycles. The van der Waals surface area contributed by atoms with Gasteiger partial charge in [0.25, 0.3) is 0 Å². The quantitative estimate of drug-likeness (QED) is 0.491. The number of rotatable bonds is 1. The zero-order valence-electron chi connectivity index (χ0n) is 14.2. The molecule has 6 nitrogen and oxygen atoms in total. The average molecular weight is 353 g/mol. The fourth-order valence-corrected chi connectivity index (χ4v) is 4.01. The predicted molar refractivity (Wildman–Crippen MR) is 93.7 cm³/mol. The van der Waals surface area contributed by atoms with Crippen LogP contribution >= 0.6 is 0 Å². The van der Waals surface area contributed by atoms with Crippen LogP contribution in [0, 0.1) is 0 Å². The van der Waals surface area contributed by atoms with Crippen LogP contribution in [0.5, 0.6) is 11.5 Å². The third-order valence-corrected chi connectivity index (χ3v) is 5.71. The lowest BCUT2D eigenvalue weighted by Gasteiger charge is -2.38. The molecular formula is C20H19NO5. The Bertz CT molecular complexity index is 979. The van der Waals surface area contributed by atoms with Crippen LogP contribution < -0.4 is 5.73 Å². The Balaban J connectivity index is 1.98. The largest absolute Gasteiger partial charge is 0.507 e. The van der Waals surface area contributed by atoms with Crippen LogP contribution in [0.4, 0.5) is 0 Å². The van der Waals surface area contributed by atoms with Gasteiger partial charge in [0, 0.05) is 27.8 Å². The number of phenolic OH excluding ortho intramolecular Hbond substituents is 2. The fourth-order valence-electron chi connectivity index (χ4n) is 4.01. The van der Waals surface area contributed by atoms with Crippen LogP contribution in [0.1, 0.15) is 56.3 Å². The van der Waals surface area contributed by atoms with Gasteiger partial charge in [-0.2, -0.15) is 0 Å². The second kappa shape index (κ2) is 5.40. The van der Waals surface area contributed by atoms with E-state index < -0.39 is 23.2 Å². The molecule has 134 valence electrons. The lowest BCUT2D eigenvalue weighted by Crippen LogP contribution is -2.53. The molecule has 2 unspecified atom stereocenters. The predicted octanol–water partition coefficient (Wildman–Crippen LogP) is 1.44. The van der Waals surface area contributed by atoms with Gasteiger partial charge < -0.3 is 21.1 Å². The zero-order valence-corrected chi connectivity index (χ0v) is 14.2. The smallest absolute Gasteiger partial charge is 0.198 e. The summed E-state index contributed by atoms with van der Waals surface area (Å²) in [7, 11) is 0. The molecule has 2 aliphatic rings. The van der Waals surface area contributed by atoms with E-state index in [9.17, 15) is 24.9 Å². The van der Waals surface area contributed by atoms with E-state index in [1.807, 2.05) is 0 Å². The average Bonchev–Trinajstić information content (AvgIpc) is 2.62. The van der Waals surface area contributed by atoms with Gasteiger partial charge in [0.05, 0.1) is 17.2 Å². The van der Waals surface area contributed by atoms with E-state index in [0.29, 0.717) is 24.0 Å². The fraction of sp³-hybridized carbons (Fsp3) is 0.300. The van der Waals surface area contributed by atoms with Gasteiger partial charge in [-0.15, -0.1) is 0 Å². The van der Waals surface area contributed by atoms with Gasteiger partial charge in [-0.25, -0.2) is 0 Å². The molecule has 2 aromatic carbocycles. The van der Waals surface area contributed by atoms with Crippen molar-refractivity contribution in [2.45, 2.75) is 37.8 Å². The highest BCUT2D eigenvalue weighted by atomic mass is 16.3. The van der Waals surface area contributed by atoms with Crippen LogP contribution in [0.25, 0.3) is 0 Å². The molecule has 2 aromatic rings. The van der Waals surface area contributed by atoms with E-state index in [1.54, 1.807) is 19.1 Å². The Labute approximate surface area is 149 Å². The first-order valence-corrected chi connectivity index (χ1v) is 8.51. The van der Waals surface area contributed by atoms with Crippen molar-refractivity contribution in [2.75, 3.05) is 0 Å². The van der Waals surface area contributed by atoms with E-state index in [0.717, 1.165) is 0 Å². The van der Waals surface area contributed by atoms with Gasteiger partial charge in [-0.3, -0.25) is 9.59 Å². The number of aliphatic hydroxyl groups is 1. The highest BCUT2D eigenvalue weighted by molar-refractivity contribution is 6.30. The number of ketones is 2. The maximum atomic E-state index is 12.9. The van der Waals surface area contributed by atoms with E-state index in [1.165, 1.54) is 12.1 Å². The molecule has 0 bridgehead atoms. The minimum Gasteiger partial charge on any atom is -0.507 e. The number of carbonyl (C=O) groups is 2. The topological polar surface area (TPSA) is 121 Å². The van der Waals surface area contributed by atoms with Gasteiger partial charge >= 0.3 is 0 Å². The molecule has 26 heavy (non-hydrogen) atoms. The molecule has 0 aromatic heterocycles. The number of fused-ring (bicyclic) bond motifs is 3. The first-order chi connectivity index (χ1) is 12.3. The molecule has 2 atom stereocenters. The van der Waals surface area contributed by atoms with Gasteiger partial charge in [0.2, 0.25) is 0 Å². The van der Waals surface area contributed by atoms with Crippen LogP contribution in [0.2, 0.25) is 0 Å². The van der Waals surface area contributed by atoms with Crippen molar-refractivity contribution in [3.05, 3.63) is 57.6 Å². The first-order valence-electron chi connectivity index (χ1n) is 8.51. The third kappa shape index (κ3) is 2.06. The van der Waals surface area contributed by atoms with Crippen LogP contribution in [0.3, 0.4) is 0 Å². The monoisotopic (exact) mass is 353 g/mol. The third-order valence-electron chi connectivity index (χ3n) is 5.71. The van der Waals surface area contributed by atoms with E-state index in [4.69, 9.17) is 5.73 Å². The maximum Gasteiger partial charge on any atom is 0.198 e. The minimum absolute atomic E-state index is 0.107. The van der Waals surface area contributed by atoms with Crippen molar-refractivity contribution in [2.24, 2.45) is 5.73 Å². The van der Waals surface area contributed by atoms with Crippen molar-refractivity contribution in [3.63, 3.8) is 0 Å². The summed E-state index contributed by atoms with van der Waals surface area (Å²) in [6, 6.07) is 6.35. The van der Waals surface area contributed by atoms with Crippen molar-refractivity contribution in [3.8, 4) is 11.5 Å². The second-order valence-corrected chi connectivity index (χ2v) is 7.19. The number of benzene rings is 2. The molecule has 0 fully saturated rings. The Hall–Kier alpha value is -2.70. The summed E-state index contributed by atoms with van der Waals surface area (Å²) in [4.78, 5) is 25.8. The lowest BCUT2D eigenvalue weighted by molar-refractivity contribution is 0.0891. The van der Waals surface area contributed by atoms with Gasteiger partial charge in [0.15, 0.2) is 11.6 Å². The molecule has 5 N–H and O–H groups in total. The van der Waals surface area contributed by atoms with Crippen LogP contribution in [-0.4, -0.2) is 38.5 Å².